The Labute approximate surface area is 799 Å². The van der Waals surface area contributed by atoms with Gasteiger partial charge in [-0.3, -0.25) is 0 Å². The number of hydrogen-bond acceptors (Lipinski definition) is 6. The summed E-state index contributed by atoms with van der Waals surface area (Å²) < 4.78 is 290. The molecule has 0 unspecified atom stereocenters. The second kappa shape index (κ2) is 32.8. The molecule has 18 rings (SSSR count). The van der Waals surface area contributed by atoms with Gasteiger partial charge in [-0.2, -0.15) is 0 Å². The predicted molar refractivity (Wildman–Crippen MR) is 553 cm³/mol. The summed E-state index contributed by atoms with van der Waals surface area (Å²) in [5, 5.41) is 0. The molecule has 8 heteroatoms. The van der Waals surface area contributed by atoms with E-state index in [9.17, 15) is 32.9 Å². The normalized spacial score (nSPS) is 16.8. The third-order valence-corrected chi connectivity index (χ3v) is 23.2. The smallest absolute Gasteiger partial charge is 0.252 e. The molecule has 0 bridgehead atoms. The van der Waals surface area contributed by atoms with Crippen molar-refractivity contribution in [3.05, 3.63) is 359 Å². The highest BCUT2D eigenvalue weighted by Gasteiger charge is 2.48. The molecule has 0 aliphatic carbocycles. The van der Waals surface area contributed by atoms with Crippen LogP contribution in [-0.4, -0.2) is 13.4 Å². The number of benzene rings is 14. The van der Waals surface area contributed by atoms with Crippen molar-refractivity contribution in [2.24, 2.45) is 0 Å². The first-order valence-electron chi connectivity index (χ1n) is 57.5. The van der Waals surface area contributed by atoms with Gasteiger partial charge in [0, 0.05) is 91.0 Å². The van der Waals surface area contributed by atoms with Crippen LogP contribution in [0, 0.1) is 0 Å². The first kappa shape index (κ1) is 58.3. The minimum Gasteiger partial charge on any atom is -0.311 e. The largest absolute Gasteiger partial charge is 0.311 e. The van der Waals surface area contributed by atoms with Crippen molar-refractivity contribution in [3.8, 4) is 0 Å². The van der Waals surface area contributed by atoms with Crippen molar-refractivity contribution in [1.82, 2.24) is 0 Å². The third kappa shape index (κ3) is 16.6. The second-order valence-electron chi connectivity index (χ2n) is 40.9. The summed E-state index contributed by atoms with van der Waals surface area (Å²) in [6.07, 6.45) is 0. The van der Waals surface area contributed by atoms with Crippen molar-refractivity contribution in [2.45, 2.75) is 224 Å². The van der Waals surface area contributed by atoms with Crippen molar-refractivity contribution in [1.29, 1.82) is 0 Å². The molecule has 0 aromatic heterocycles. The average molecular weight is 1690 g/mol. The van der Waals surface area contributed by atoms with Gasteiger partial charge in [0.05, 0.1) is 52.5 Å². The summed E-state index contributed by atoms with van der Waals surface area (Å²) in [5.74, 6) is 0. The van der Waals surface area contributed by atoms with Gasteiger partial charge >= 0.3 is 0 Å². The zero-order valence-corrected chi connectivity index (χ0v) is 75.5. The van der Waals surface area contributed by atoms with Crippen LogP contribution in [0.3, 0.4) is 0 Å². The van der Waals surface area contributed by atoms with E-state index in [0.717, 1.165) is 71.1 Å². The highest BCUT2D eigenvalue weighted by Crippen LogP contribution is 2.53. The molecule has 0 N–H and O–H groups in total. The van der Waals surface area contributed by atoms with Crippen LogP contribution in [0.15, 0.2) is 315 Å². The molecule has 0 amide bonds. The van der Waals surface area contributed by atoms with E-state index in [1.165, 1.54) is 12.1 Å². The Hall–Kier alpha value is -12.0. The number of rotatable bonds is 10. The SMILES string of the molecule is C.C.[2H]c1c([2H])c(C(C)(C)C)c([2H])c2c1N(c1ccc(C(C)(C)C)cc1)c1cc(N(c3ccccc3)c3ccccc3)cc3c1B2c1c([2H])c(C(C)(C)C)c([2H])c([2H])c1N3c1ccc(C(C)(C)C)cc1.[2H]c1c([2H])c([2H])c(N(c2cc3c4c(c2)N(c2c([2H])c([2H])c(C(C)(C)C)c([2H])c2[2H])c2c([2H])c([2H])c(C(C)(C)C)c([2H])c2B4c2c([2H])c(C(C)(C)C)c([2H])c([2H])c2N3c2c([2H])c([2H])c(C(C)(C)C)c([2H])c2[2H])c2c([2H])c([2H])c([2H])c([2H])c2[2H])c([2H])c1[2H]. The Morgan fingerprint density at radius 3 is 0.690 bits per heavy atom. The van der Waals surface area contributed by atoms with Crippen molar-refractivity contribution < 1.29 is 41.1 Å². The fraction of sp³-hybridized carbons (Fsp3) is 0.288. The molecular weight excluding hydrogens is 1520 g/mol. The summed E-state index contributed by atoms with van der Waals surface area (Å²) in [6.45, 7) is 42.9. The van der Waals surface area contributed by atoms with Crippen LogP contribution in [0.5, 0.6) is 0 Å². The molecule has 4 heterocycles. The maximum absolute atomic E-state index is 10.4. The van der Waals surface area contributed by atoms with Crippen LogP contribution in [0.1, 0.15) is 267 Å². The summed E-state index contributed by atoms with van der Waals surface area (Å²) in [6, 6.07) is 26.8. The number of para-hydroxylation sites is 4. The van der Waals surface area contributed by atoms with Gasteiger partial charge in [0.1, 0.15) is 0 Å². The Bertz CT molecular complexity index is 7670. The monoisotopic (exact) mass is 1690 g/mol. The molecule has 0 fully saturated rings. The maximum Gasteiger partial charge on any atom is 0.252 e. The van der Waals surface area contributed by atoms with Crippen LogP contribution in [-0.2, 0) is 43.3 Å². The number of fused-ring (bicyclic) bond motifs is 8. The fourth-order valence-corrected chi connectivity index (χ4v) is 16.3. The van der Waals surface area contributed by atoms with Gasteiger partial charge in [0.25, 0.3) is 13.4 Å². The molecular formula is C118H132B2N6. The summed E-state index contributed by atoms with van der Waals surface area (Å²) in [7, 11) is 0. The van der Waals surface area contributed by atoms with Gasteiger partial charge in [-0.15, -0.1) is 0 Å². The van der Waals surface area contributed by atoms with Gasteiger partial charge in [-0.05, 0) is 266 Å². The molecule has 0 spiro atoms. The highest BCUT2D eigenvalue weighted by atomic mass is 15.2. The van der Waals surface area contributed by atoms with Crippen molar-refractivity contribution in [2.75, 3.05) is 29.4 Å². The van der Waals surface area contributed by atoms with E-state index >= 15 is 0 Å². The molecule has 14 aromatic rings. The molecule has 0 saturated heterocycles. The van der Waals surface area contributed by atoms with Gasteiger partial charge in [0.2, 0.25) is 0 Å². The first-order valence-corrected chi connectivity index (χ1v) is 42.5. The third-order valence-electron chi connectivity index (χ3n) is 23.2. The molecule has 4 aliphatic rings. The summed E-state index contributed by atoms with van der Waals surface area (Å²) >= 11 is 0. The van der Waals surface area contributed by atoms with Gasteiger partial charge < -0.3 is 29.4 Å². The lowest BCUT2D eigenvalue weighted by atomic mass is 9.33. The van der Waals surface area contributed by atoms with E-state index in [1.807, 2.05) is 77.9 Å². The molecule has 0 radical (unpaired) electrons. The Kier molecular flexibility index (Phi) is 15.2. The minimum atomic E-state index is -1.62. The number of nitrogens with zero attached hydrogens (tertiary/aromatic N) is 6. The molecule has 0 saturated carbocycles. The molecule has 640 valence electrons. The van der Waals surface area contributed by atoms with E-state index in [-0.39, 0.29) is 112 Å². The lowest BCUT2D eigenvalue weighted by Gasteiger charge is -2.45. The lowest BCUT2D eigenvalue weighted by Crippen LogP contribution is -2.61. The molecule has 126 heavy (non-hydrogen) atoms. The Balaban J connectivity index is 0.000000234. The van der Waals surface area contributed by atoms with Crippen LogP contribution < -0.4 is 62.2 Å². The van der Waals surface area contributed by atoms with Crippen molar-refractivity contribution >= 4 is 149 Å². The van der Waals surface area contributed by atoms with Crippen LogP contribution in [0.25, 0.3) is 0 Å². The second-order valence-corrected chi connectivity index (χ2v) is 40.9. The van der Waals surface area contributed by atoms with E-state index in [1.54, 1.807) is 83.1 Å². The van der Waals surface area contributed by atoms with Crippen LogP contribution >= 0.6 is 0 Å². The standard InChI is InChI=1S/2C58H62BN3.2CH4/c2*1-55(2,3)39-23-29-45(30-24-39)61-50-33-27-41(57(7,8)9)35-48(50)59-49-36-42(58(10,11)12)28-34-51(49)62(46-31-25-40(26-32-46)56(4,5)6)53-38-47(37-52(61)54(53)59)60(43-19-15-13-16-20-43)44-21-17-14-18-22-44;;/h2*13-38H,1-12H3;2*1H4/i13D,14D,15D,16D,17D,18D,19D,20D,21D,22D,23D,24D,25D,26D,27D,28D,29D,30D,31D,32D,33D,34D,35D,36D;27D,28D,33D,34D,35D,36D;;. The summed E-state index contributed by atoms with van der Waals surface area (Å²) in [4.78, 5) is 9.37. The zero-order chi connectivity index (χ0) is 114. The summed E-state index contributed by atoms with van der Waals surface area (Å²) in [5.41, 5.74) is 0.384. The van der Waals surface area contributed by atoms with E-state index < -0.39 is 231 Å². The van der Waals surface area contributed by atoms with E-state index in [0.29, 0.717) is 33.4 Å². The quantitative estimate of drug-likeness (QED) is 0.126. The van der Waals surface area contributed by atoms with E-state index in [2.05, 4.69) is 141 Å². The number of anilines is 18. The fourth-order valence-electron chi connectivity index (χ4n) is 16.3. The Morgan fingerprint density at radius 1 is 0.214 bits per heavy atom. The topological polar surface area (TPSA) is 19.4 Å². The predicted octanol–water partition coefficient (Wildman–Crippen LogP) is 30.1. The van der Waals surface area contributed by atoms with Crippen molar-refractivity contribution in [3.63, 3.8) is 0 Å². The average Bonchev–Trinajstić information content (AvgIpc) is 0.671. The zero-order valence-electron chi connectivity index (χ0n) is 106. The van der Waals surface area contributed by atoms with Crippen LogP contribution in [0.4, 0.5) is 102 Å². The maximum atomic E-state index is 10.4. The van der Waals surface area contributed by atoms with Gasteiger partial charge in [-0.1, -0.05) is 350 Å². The molecule has 14 aromatic carbocycles. The highest BCUT2D eigenvalue weighted by molar-refractivity contribution is 7.01. The lowest BCUT2D eigenvalue weighted by molar-refractivity contribution is 0.590. The van der Waals surface area contributed by atoms with E-state index in [4.69, 9.17) is 8.22 Å². The Morgan fingerprint density at radius 2 is 0.444 bits per heavy atom. The minimum absolute atomic E-state index is 0. The van der Waals surface area contributed by atoms with Gasteiger partial charge in [-0.25, -0.2) is 0 Å². The van der Waals surface area contributed by atoms with Crippen LogP contribution in [0.2, 0.25) is 0 Å². The van der Waals surface area contributed by atoms with Gasteiger partial charge in [0.15, 0.2) is 0 Å². The molecule has 0 atom stereocenters. The molecule has 6 nitrogen and oxygen atoms in total. The molecule has 4 aliphatic heterocycles. The number of hydrogen-bond donors (Lipinski definition) is 0. The first-order chi connectivity index (χ1) is 71.1.